The minimum absolute atomic E-state index is 0.128. The second-order valence-corrected chi connectivity index (χ2v) is 1.53. The first-order valence-electron chi connectivity index (χ1n) is 2.47. The SMILES string of the molecule is CCC[CH]C(F)(F)F. The molecule has 0 aliphatic heterocycles. The van der Waals surface area contributed by atoms with Crippen LogP contribution in [0.5, 0.6) is 0 Å². The van der Waals surface area contributed by atoms with Gasteiger partial charge in [-0.3, -0.25) is 0 Å². The van der Waals surface area contributed by atoms with Crippen LogP contribution in [0.3, 0.4) is 0 Å². The van der Waals surface area contributed by atoms with Crippen molar-refractivity contribution in [1.29, 1.82) is 0 Å². The van der Waals surface area contributed by atoms with Crippen LogP contribution >= 0.6 is 0 Å². The van der Waals surface area contributed by atoms with Crippen LogP contribution in [0, 0.1) is 6.42 Å². The largest absolute Gasteiger partial charge is 0.392 e. The summed E-state index contributed by atoms with van der Waals surface area (Å²) >= 11 is 0. The Balaban J connectivity index is 3.11. The molecule has 49 valence electrons. The Kier molecular flexibility index (Phi) is 2.87. The van der Waals surface area contributed by atoms with Crippen molar-refractivity contribution in [2.24, 2.45) is 0 Å². The van der Waals surface area contributed by atoms with Crippen molar-refractivity contribution in [3.8, 4) is 0 Å². The summed E-state index contributed by atoms with van der Waals surface area (Å²) in [5.41, 5.74) is 0. The van der Waals surface area contributed by atoms with Crippen LogP contribution in [-0.4, -0.2) is 6.18 Å². The minimum Gasteiger partial charge on any atom is -0.171 e. The van der Waals surface area contributed by atoms with E-state index in [9.17, 15) is 13.2 Å². The molecule has 0 N–H and O–H groups in total. The Hall–Kier alpha value is -0.210. The third-order valence-electron chi connectivity index (χ3n) is 0.664. The van der Waals surface area contributed by atoms with E-state index in [2.05, 4.69) is 0 Å². The monoisotopic (exact) mass is 125 g/mol. The van der Waals surface area contributed by atoms with Gasteiger partial charge in [0.1, 0.15) is 0 Å². The summed E-state index contributed by atoms with van der Waals surface area (Å²) in [6.07, 6.45) is -3.02. The maximum absolute atomic E-state index is 11.2. The maximum Gasteiger partial charge on any atom is 0.392 e. The molecule has 0 saturated heterocycles. The van der Waals surface area contributed by atoms with Gasteiger partial charge in [-0.2, -0.15) is 13.2 Å². The van der Waals surface area contributed by atoms with Gasteiger partial charge in [0.25, 0.3) is 0 Å². The molecule has 0 nitrogen and oxygen atoms in total. The zero-order valence-electron chi connectivity index (χ0n) is 4.63. The fourth-order valence-corrected chi connectivity index (χ4v) is 0.308. The molecule has 0 amide bonds. The molecule has 0 aliphatic rings. The van der Waals surface area contributed by atoms with Gasteiger partial charge in [-0.15, -0.1) is 0 Å². The first-order chi connectivity index (χ1) is 3.56. The summed E-state index contributed by atoms with van der Waals surface area (Å²) in [4.78, 5) is 0. The smallest absolute Gasteiger partial charge is 0.171 e. The maximum atomic E-state index is 11.2. The minimum atomic E-state index is -4.07. The van der Waals surface area contributed by atoms with Crippen molar-refractivity contribution < 1.29 is 13.2 Å². The first kappa shape index (κ1) is 7.79. The van der Waals surface area contributed by atoms with Crippen molar-refractivity contribution in [3.05, 3.63) is 6.42 Å². The van der Waals surface area contributed by atoms with Crippen molar-refractivity contribution in [2.75, 3.05) is 0 Å². The number of rotatable bonds is 2. The highest BCUT2D eigenvalue weighted by Crippen LogP contribution is 2.20. The Morgan fingerprint density at radius 2 is 1.88 bits per heavy atom. The molecule has 0 fully saturated rings. The second-order valence-electron chi connectivity index (χ2n) is 1.53. The van der Waals surface area contributed by atoms with Gasteiger partial charge in [-0.25, -0.2) is 0 Å². The molecule has 0 unspecified atom stereocenters. The molecular weight excluding hydrogens is 117 g/mol. The van der Waals surface area contributed by atoms with Crippen LogP contribution < -0.4 is 0 Å². The number of unbranched alkanes of at least 4 members (excludes halogenated alkanes) is 1. The molecule has 0 aromatic carbocycles. The van der Waals surface area contributed by atoms with Crippen LogP contribution in [0.1, 0.15) is 19.8 Å². The third kappa shape index (κ3) is 5.79. The lowest BCUT2D eigenvalue weighted by Crippen LogP contribution is -2.06. The van der Waals surface area contributed by atoms with E-state index in [4.69, 9.17) is 0 Å². The summed E-state index contributed by atoms with van der Waals surface area (Å²) in [6.45, 7) is 1.71. The molecule has 0 aliphatic carbocycles. The van der Waals surface area contributed by atoms with Crippen molar-refractivity contribution in [1.82, 2.24) is 0 Å². The average Bonchev–Trinajstić information content (AvgIpc) is 1.59. The standard InChI is InChI=1S/C5H8F3/c1-2-3-4-5(6,7)8/h4H,2-3H2,1H3. The Bertz CT molecular complexity index is 55.2. The van der Waals surface area contributed by atoms with Crippen LogP contribution in [0.2, 0.25) is 0 Å². The van der Waals surface area contributed by atoms with Gasteiger partial charge < -0.3 is 0 Å². The van der Waals surface area contributed by atoms with Crippen LogP contribution in [0.4, 0.5) is 13.2 Å². The van der Waals surface area contributed by atoms with Gasteiger partial charge in [0.15, 0.2) is 0 Å². The van der Waals surface area contributed by atoms with Crippen molar-refractivity contribution in [2.45, 2.75) is 25.9 Å². The fourth-order valence-electron chi connectivity index (χ4n) is 0.308. The summed E-state index contributed by atoms with van der Waals surface area (Å²) in [5.74, 6) is 0. The molecule has 0 aromatic rings. The Labute approximate surface area is 46.7 Å². The number of alkyl halides is 3. The summed E-state index contributed by atoms with van der Waals surface area (Å²) in [5, 5.41) is 0. The van der Waals surface area contributed by atoms with Crippen molar-refractivity contribution in [3.63, 3.8) is 0 Å². The van der Waals surface area contributed by atoms with Crippen molar-refractivity contribution >= 4 is 0 Å². The Morgan fingerprint density at radius 1 is 1.38 bits per heavy atom. The molecule has 0 rings (SSSR count). The van der Waals surface area contributed by atoms with Crippen LogP contribution in [-0.2, 0) is 0 Å². The van der Waals surface area contributed by atoms with Gasteiger partial charge in [-0.05, 0) is 6.42 Å². The van der Waals surface area contributed by atoms with E-state index < -0.39 is 6.18 Å². The summed E-state index contributed by atoms with van der Waals surface area (Å²) in [7, 11) is 0. The quantitative estimate of drug-likeness (QED) is 0.532. The van der Waals surface area contributed by atoms with Gasteiger partial charge in [0.2, 0.25) is 0 Å². The van der Waals surface area contributed by atoms with Crippen LogP contribution in [0.25, 0.3) is 0 Å². The van der Waals surface area contributed by atoms with Gasteiger partial charge in [-0.1, -0.05) is 13.3 Å². The highest BCUT2D eigenvalue weighted by molar-refractivity contribution is 4.72. The molecule has 0 atom stereocenters. The topological polar surface area (TPSA) is 0 Å². The average molecular weight is 125 g/mol. The molecule has 0 heterocycles. The highest BCUT2D eigenvalue weighted by Gasteiger charge is 2.25. The number of hydrogen-bond acceptors (Lipinski definition) is 0. The van der Waals surface area contributed by atoms with E-state index in [0.29, 0.717) is 12.8 Å². The highest BCUT2D eigenvalue weighted by atomic mass is 19.4. The molecule has 3 heteroatoms. The lowest BCUT2D eigenvalue weighted by atomic mass is 10.2. The van der Waals surface area contributed by atoms with Crippen LogP contribution in [0.15, 0.2) is 0 Å². The summed E-state index contributed by atoms with van der Waals surface area (Å²) in [6, 6.07) is 0. The molecular formula is C5H8F3. The lowest BCUT2D eigenvalue weighted by molar-refractivity contribution is -0.0982. The zero-order chi connectivity index (χ0) is 6.62. The van der Waals surface area contributed by atoms with E-state index in [1.165, 1.54) is 0 Å². The van der Waals surface area contributed by atoms with E-state index >= 15 is 0 Å². The summed E-state index contributed by atoms with van der Waals surface area (Å²) < 4.78 is 33.6. The molecule has 0 aromatic heterocycles. The molecule has 0 saturated carbocycles. The molecule has 8 heavy (non-hydrogen) atoms. The van der Waals surface area contributed by atoms with E-state index in [-0.39, 0.29) is 6.42 Å². The first-order valence-corrected chi connectivity index (χ1v) is 2.47. The molecule has 0 spiro atoms. The molecule has 1 radical (unpaired) electrons. The zero-order valence-corrected chi connectivity index (χ0v) is 4.63. The van der Waals surface area contributed by atoms with Gasteiger partial charge in [0, 0.05) is 0 Å². The lowest BCUT2D eigenvalue weighted by Gasteiger charge is -2.01. The third-order valence-corrected chi connectivity index (χ3v) is 0.664. The molecule has 0 bridgehead atoms. The predicted molar refractivity (Wildman–Crippen MR) is 25.3 cm³/mol. The predicted octanol–water partition coefficient (Wildman–Crippen LogP) is 2.55. The fraction of sp³-hybridized carbons (Fsp3) is 0.800. The van der Waals surface area contributed by atoms with E-state index in [1.54, 1.807) is 6.92 Å². The van der Waals surface area contributed by atoms with E-state index in [0.717, 1.165) is 0 Å². The number of halogens is 3. The van der Waals surface area contributed by atoms with E-state index in [1.807, 2.05) is 0 Å². The second kappa shape index (κ2) is 2.95. The van der Waals surface area contributed by atoms with Gasteiger partial charge in [0.05, 0.1) is 6.42 Å². The Morgan fingerprint density at radius 3 is 2.00 bits per heavy atom. The number of hydrogen-bond donors (Lipinski definition) is 0. The normalized spacial score (nSPS) is 12.0. The van der Waals surface area contributed by atoms with Gasteiger partial charge >= 0.3 is 6.18 Å².